The summed E-state index contributed by atoms with van der Waals surface area (Å²) in [7, 11) is 18.2. The number of nitrogens with zero attached hydrogens (tertiary/aromatic N) is 2. The van der Waals surface area contributed by atoms with Gasteiger partial charge in [-0.1, -0.05) is 0 Å². The minimum atomic E-state index is -0.670. The van der Waals surface area contributed by atoms with Crippen LogP contribution in [0.2, 0.25) is 0 Å². The average molecular weight is 1280 g/mol. The van der Waals surface area contributed by atoms with Crippen LogP contribution in [0.15, 0.2) is 60.7 Å². The van der Waals surface area contributed by atoms with Crippen molar-refractivity contribution in [3.05, 3.63) is 94.3 Å². The van der Waals surface area contributed by atoms with Crippen LogP contribution < -0.4 is 37.9 Å². The summed E-state index contributed by atoms with van der Waals surface area (Å²) in [5.74, 6) is 0.881. The van der Waals surface area contributed by atoms with E-state index in [9.17, 15) is 19.2 Å². The maximum Gasteiger partial charge on any atom is 0.338 e. The molecule has 2 saturated heterocycles. The Bertz CT molecular complexity index is 3320. The summed E-state index contributed by atoms with van der Waals surface area (Å²) in [6.45, 7) is 3.12. The van der Waals surface area contributed by atoms with Crippen molar-refractivity contribution in [1.82, 2.24) is 19.8 Å². The van der Waals surface area contributed by atoms with Gasteiger partial charge in [-0.2, -0.15) is 0 Å². The van der Waals surface area contributed by atoms with E-state index in [2.05, 4.69) is 31.9 Å². The Labute approximate surface area is 534 Å². The van der Waals surface area contributed by atoms with Gasteiger partial charge in [0.2, 0.25) is 11.5 Å². The van der Waals surface area contributed by atoms with E-state index >= 15 is 0 Å². The van der Waals surface area contributed by atoms with Crippen LogP contribution >= 0.6 is 0 Å². The third kappa shape index (κ3) is 12.8. The second-order valence-corrected chi connectivity index (χ2v) is 23.8. The summed E-state index contributed by atoms with van der Waals surface area (Å²) in [6.07, 6.45) is 1.84. The molecule has 12 rings (SSSR count). The number of fused-ring (bicyclic) bond motifs is 12. The number of aliphatic hydroxyl groups excluding tert-OH is 2. The summed E-state index contributed by atoms with van der Waals surface area (Å²) >= 11 is 0. The van der Waals surface area contributed by atoms with Crippen molar-refractivity contribution in [2.45, 2.75) is 75.0 Å². The van der Waals surface area contributed by atoms with Gasteiger partial charge in [0.05, 0.1) is 119 Å². The Morgan fingerprint density at radius 1 is 0.478 bits per heavy atom. The predicted octanol–water partition coefficient (Wildman–Crippen LogP) is 7.31. The number of H-pyrrole nitrogens is 2. The van der Waals surface area contributed by atoms with Crippen LogP contribution in [0.25, 0.3) is 21.8 Å². The molecule has 24 heteroatoms. The van der Waals surface area contributed by atoms with E-state index in [0.717, 1.165) is 74.4 Å². The number of rotatable bonds is 17. The molecule has 4 fully saturated rings. The number of piperidine rings is 2. The second kappa shape index (κ2) is 29.3. The van der Waals surface area contributed by atoms with Crippen molar-refractivity contribution in [2.75, 3.05) is 125 Å². The van der Waals surface area contributed by atoms with Crippen molar-refractivity contribution < 1.29 is 95.7 Å². The van der Waals surface area contributed by atoms with Crippen molar-refractivity contribution >= 4 is 45.7 Å². The summed E-state index contributed by atoms with van der Waals surface area (Å²) < 4.78 is 78.2. The first-order valence-corrected chi connectivity index (χ1v) is 30.9. The molecule has 6 aliphatic rings. The van der Waals surface area contributed by atoms with Gasteiger partial charge in [0.15, 0.2) is 23.0 Å². The molecule has 0 amide bonds. The quantitative estimate of drug-likeness (QED) is 0.0514. The van der Waals surface area contributed by atoms with Gasteiger partial charge in [-0.05, 0) is 122 Å². The van der Waals surface area contributed by atoms with Gasteiger partial charge in [0.1, 0.15) is 35.9 Å². The number of ether oxygens (including phenoxy) is 14. The van der Waals surface area contributed by atoms with Crippen molar-refractivity contribution in [3.63, 3.8) is 0 Å². The molecule has 0 bridgehead atoms. The standard InChI is InChI=1S/2C33H40N2O9.C2H6O2/c2*1-38-19-7-8-20-21-9-10-35-16-18-13-27(44-32(36)17-11-25(39-2)30(41-4)26(12-17)40-3)31(42-5)28(33(37)43-6)22(18)15-24(35)29(21)34-23(20)14-19;3-1-2-4/h2*7-8,11-12,14,18,22,24,27-28,31,34H,9-10,13,15-16H2,1-6H3;3-4H,1-2H2/t2*18-,22+,24-,27-,28+,31+;/m11./s1. The molecule has 4 N–H and O–H groups in total. The van der Waals surface area contributed by atoms with E-state index in [4.69, 9.17) is 76.5 Å². The van der Waals surface area contributed by atoms with E-state index in [1.807, 2.05) is 24.3 Å². The van der Waals surface area contributed by atoms with Gasteiger partial charge in [0, 0.05) is 85.7 Å². The lowest BCUT2D eigenvalue weighted by atomic mass is 9.63. The highest BCUT2D eigenvalue weighted by atomic mass is 16.6. The molecular weight excluding hydrogens is 1190 g/mol. The Kier molecular flexibility index (Phi) is 21.3. The zero-order valence-electron chi connectivity index (χ0n) is 54.3. The molecule has 6 heterocycles. The Hall–Kier alpha value is -8.00. The van der Waals surface area contributed by atoms with Crippen molar-refractivity contribution in [1.29, 1.82) is 0 Å². The van der Waals surface area contributed by atoms with Crippen molar-refractivity contribution in [2.24, 2.45) is 35.5 Å². The highest BCUT2D eigenvalue weighted by Gasteiger charge is 2.56. The zero-order valence-corrected chi connectivity index (χ0v) is 54.3. The highest BCUT2D eigenvalue weighted by Crippen LogP contribution is 2.53. The summed E-state index contributed by atoms with van der Waals surface area (Å²) in [5, 5.41) is 17.7. The molecule has 0 unspecified atom stereocenters. The molecule has 2 saturated carbocycles. The van der Waals surface area contributed by atoms with Gasteiger partial charge in [-0.25, -0.2) is 9.59 Å². The predicted molar refractivity (Wildman–Crippen MR) is 336 cm³/mol. The molecule has 0 spiro atoms. The third-order valence-electron chi connectivity index (χ3n) is 19.6. The number of benzene rings is 4. The fourth-order valence-electron chi connectivity index (χ4n) is 15.5. The molecule has 92 heavy (non-hydrogen) atoms. The SMILES string of the molecule is COC(=O)[C@H]1[C@H]2C[C@@H]3c4[nH]c5cc(OC)ccc5c4CCN3C[C@H]2C[C@@H](OC(=O)c2cc(OC)c(OC)c(OC)c2)[C@@H]1OC.COC(=O)[C@H]1[C@H]2C[C@@H]3c4[nH]c5cc(OC)ccc5c4CCN3C[C@H]2C[C@@H](OC(=O)c2cc(OC)c(OC)c(OC)c2)[C@@H]1OC.OCCO. The number of methoxy groups -OCH3 is 12. The average Bonchev–Trinajstić information content (AvgIpc) is 1.37. The van der Waals surface area contributed by atoms with E-state index in [1.54, 1.807) is 52.7 Å². The first kappa shape index (κ1) is 66.9. The lowest BCUT2D eigenvalue weighted by Gasteiger charge is -2.52. The lowest BCUT2D eigenvalue weighted by Crippen LogP contribution is -2.58. The molecular formula is C68H86N4O20. The molecule has 4 aliphatic heterocycles. The number of nitrogens with one attached hydrogen (secondary N) is 2. The molecule has 24 nitrogen and oxygen atoms in total. The van der Waals surface area contributed by atoms with Gasteiger partial charge in [0.25, 0.3) is 0 Å². The van der Waals surface area contributed by atoms with Crippen LogP contribution in [0, 0.1) is 35.5 Å². The number of esters is 4. The number of carbonyl (C=O) groups excluding carboxylic acids is 4. The normalized spacial score (nSPS) is 25.3. The smallest absolute Gasteiger partial charge is 0.338 e. The Morgan fingerprint density at radius 2 is 0.848 bits per heavy atom. The van der Waals surface area contributed by atoms with Crippen LogP contribution in [0.4, 0.5) is 0 Å². The van der Waals surface area contributed by atoms with Crippen LogP contribution in [-0.4, -0.2) is 203 Å². The van der Waals surface area contributed by atoms with E-state index in [-0.39, 0.29) is 72.0 Å². The largest absolute Gasteiger partial charge is 0.497 e. The fraction of sp³-hybridized carbons (Fsp3) is 0.529. The molecule has 6 aromatic rings. The number of aromatic amines is 2. The Balaban J connectivity index is 0.000000191. The van der Waals surface area contributed by atoms with Crippen LogP contribution in [0.3, 0.4) is 0 Å². The molecule has 2 aromatic heterocycles. The van der Waals surface area contributed by atoms with E-state index in [1.165, 1.54) is 90.2 Å². The fourth-order valence-corrected chi connectivity index (χ4v) is 15.5. The van der Waals surface area contributed by atoms with E-state index in [0.29, 0.717) is 47.3 Å². The molecule has 498 valence electrons. The third-order valence-corrected chi connectivity index (χ3v) is 19.6. The number of aromatic nitrogens is 2. The monoisotopic (exact) mass is 1280 g/mol. The number of hydrogen-bond acceptors (Lipinski definition) is 22. The zero-order chi connectivity index (χ0) is 65.7. The summed E-state index contributed by atoms with van der Waals surface area (Å²) in [4.78, 5) is 66.3. The van der Waals surface area contributed by atoms with Gasteiger partial charge in [-0.3, -0.25) is 19.4 Å². The van der Waals surface area contributed by atoms with Crippen molar-refractivity contribution in [3.8, 4) is 46.0 Å². The highest BCUT2D eigenvalue weighted by molar-refractivity contribution is 5.93. The number of hydrogen-bond donors (Lipinski definition) is 4. The van der Waals surface area contributed by atoms with Gasteiger partial charge in [-0.15, -0.1) is 0 Å². The summed E-state index contributed by atoms with van der Waals surface area (Å²) in [5.41, 5.74) is 7.65. The summed E-state index contributed by atoms with van der Waals surface area (Å²) in [6, 6.07) is 18.8. The topological polar surface area (TPSA) is 276 Å². The molecule has 4 aromatic carbocycles. The number of aliphatic hydroxyl groups is 2. The number of carbonyl (C=O) groups is 4. The van der Waals surface area contributed by atoms with Gasteiger partial charge < -0.3 is 86.5 Å². The first-order chi connectivity index (χ1) is 44.6. The Morgan fingerprint density at radius 3 is 1.15 bits per heavy atom. The van der Waals surface area contributed by atoms with Crippen LogP contribution in [-0.2, 0) is 50.9 Å². The maximum absolute atomic E-state index is 13.5. The van der Waals surface area contributed by atoms with E-state index < -0.39 is 48.2 Å². The molecule has 2 aliphatic carbocycles. The second-order valence-electron chi connectivity index (χ2n) is 23.8. The lowest BCUT2D eigenvalue weighted by molar-refractivity contribution is -0.176. The minimum Gasteiger partial charge on any atom is -0.497 e. The van der Waals surface area contributed by atoms with Crippen LogP contribution in [0.1, 0.15) is 81.0 Å². The first-order valence-electron chi connectivity index (χ1n) is 30.9. The maximum atomic E-state index is 13.5. The van der Waals surface area contributed by atoms with Crippen LogP contribution in [0.5, 0.6) is 46.0 Å². The minimum absolute atomic E-state index is 0.0170. The van der Waals surface area contributed by atoms with Gasteiger partial charge >= 0.3 is 23.9 Å². The molecule has 0 radical (unpaired) electrons. The molecule has 12 atom stereocenters.